The molecule has 0 aliphatic rings. The number of quaternary nitrogens is 1. The van der Waals surface area contributed by atoms with Crippen molar-refractivity contribution in [3.63, 3.8) is 0 Å². The molecule has 24 heavy (non-hydrogen) atoms. The van der Waals surface area contributed by atoms with Gasteiger partial charge in [0.05, 0.1) is 12.1 Å². The molecular formula is C16H19FN5OS+. The lowest BCUT2D eigenvalue weighted by Crippen LogP contribution is -2.82. The predicted octanol–water partition coefficient (Wildman–Crippen LogP) is 1.85. The molecule has 0 saturated carbocycles. The Kier molecular flexibility index (Phi) is 5.60. The molecule has 8 heteroatoms. The summed E-state index contributed by atoms with van der Waals surface area (Å²) in [5, 5.41) is 14.3. The van der Waals surface area contributed by atoms with E-state index in [4.69, 9.17) is 4.42 Å². The molecule has 0 amide bonds. The number of aryl methyl sites for hydroxylation is 1. The highest BCUT2D eigenvalue weighted by Crippen LogP contribution is 2.24. The second kappa shape index (κ2) is 8.07. The van der Waals surface area contributed by atoms with Crippen LogP contribution in [0.1, 0.15) is 12.2 Å². The van der Waals surface area contributed by atoms with Crippen LogP contribution < -0.4 is 5.32 Å². The highest BCUT2D eigenvalue weighted by Gasteiger charge is 2.10. The Morgan fingerprint density at radius 3 is 2.92 bits per heavy atom. The Morgan fingerprint density at radius 1 is 1.25 bits per heavy atom. The van der Waals surface area contributed by atoms with Crippen LogP contribution in [0.4, 0.5) is 4.39 Å². The zero-order valence-electron chi connectivity index (χ0n) is 13.4. The van der Waals surface area contributed by atoms with Gasteiger partial charge in [-0.3, -0.25) is 0 Å². The summed E-state index contributed by atoms with van der Waals surface area (Å²) >= 11 is 1.64. The summed E-state index contributed by atoms with van der Waals surface area (Å²) in [6.07, 6.45) is 1.04. The number of furan rings is 1. The first-order chi connectivity index (χ1) is 11.7. The number of nitrogens with two attached hydrogens (primary N) is 1. The van der Waals surface area contributed by atoms with E-state index >= 15 is 0 Å². The smallest absolute Gasteiger partial charge is 0.209 e. The van der Waals surface area contributed by atoms with E-state index < -0.39 is 0 Å². The molecule has 0 radical (unpaired) electrons. The summed E-state index contributed by atoms with van der Waals surface area (Å²) in [4.78, 5) is 0. The molecule has 0 fully saturated rings. The van der Waals surface area contributed by atoms with E-state index in [2.05, 4.69) is 20.8 Å². The van der Waals surface area contributed by atoms with Crippen molar-refractivity contribution in [3.05, 3.63) is 48.0 Å². The van der Waals surface area contributed by atoms with Gasteiger partial charge in [0, 0.05) is 19.2 Å². The van der Waals surface area contributed by atoms with Crippen molar-refractivity contribution < 1.29 is 14.1 Å². The lowest BCUT2D eigenvalue weighted by atomic mass is 10.1. The van der Waals surface area contributed by atoms with Crippen LogP contribution in [0.5, 0.6) is 0 Å². The highest BCUT2D eigenvalue weighted by atomic mass is 32.2. The lowest BCUT2D eigenvalue weighted by molar-refractivity contribution is -0.672. The molecule has 3 aromatic rings. The third-order valence-corrected chi connectivity index (χ3v) is 4.61. The van der Waals surface area contributed by atoms with Crippen LogP contribution in [0, 0.1) is 5.82 Å². The number of benzene rings is 1. The van der Waals surface area contributed by atoms with Gasteiger partial charge < -0.3 is 9.73 Å². The summed E-state index contributed by atoms with van der Waals surface area (Å²) in [5.41, 5.74) is 0.498. The third kappa shape index (κ3) is 4.21. The highest BCUT2D eigenvalue weighted by molar-refractivity contribution is 7.99. The number of rotatable bonds is 8. The van der Waals surface area contributed by atoms with E-state index in [1.165, 1.54) is 6.07 Å². The molecule has 2 N–H and O–H groups in total. The molecule has 6 nitrogen and oxygen atoms in total. The van der Waals surface area contributed by atoms with Crippen LogP contribution >= 0.6 is 11.8 Å². The number of nitrogens with zero attached hydrogens (tertiary/aromatic N) is 4. The second-order valence-electron chi connectivity index (χ2n) is 5.31. The fourth-order valence-electron chi connectivity index (χ4n) is 2.27. The van der Waals surface area contributed by atoms with Crippen molar-refractivity contribution in [1.29, 1.82) is 0 Å². The normalized spacial score (nSPS) is 11.1. The van der Waals surface area contributed by atoms with Gasteiger partial charge in [0.25, 0.3) is 0 Å². The Bertz CT molecular complexity index is 788. The fraction of sp³-hybridized carbons (Fsp3) is 0.312. The molecule has 126 valence electrons. The van der Waals surface area contributed by atoms with Gasteiger partial charge in [-0.15, -0.1) is 5.10 Å². The van der Waals surface area contributed by atoms with Gasteiger partial charge in [-0.05, 0) is 34.7 Å². The molecule has 0 unspecified atom stereocenters. The monoisotopic (exact) mass is 348 g/mol. The van der Waals surface area contributed by atoms with Gasteiger partial charge in [0.2, 0.25) is 5.16 Å². The van der Waals surface area contributed by atoms with Gasteiger partial charge in [0.15, 0.2) is 5.76 Å². The van der Waals surface area contributed by atoms with Crippen molar-refractivity contribution in [2.75, 3.05) is 12.3 Å². The SMILES string of the molecule is Cn1nnnc1SCCC[NH2+]Cc1ccc(-c2ccccc2F)o1. The summed E-state index contributed by atoms with van der Waals surface area (Å²) in [5.74, 6) is 2.11. The van der Waals surface area contributed by atoms with E-state index in [0.29, 0.717) is 11.3 Å². The van der Waals surface area contributed by atoms with Gasteiger partial charge in [-0.25, -0.2) is 9.07 Å². The molecule has 0 saturated heterocycles. The predicted molar refractivity (Wildman–Crippen MR) is 88.7 cm³/mol. The molecule has 0 aliphatic carbocycles. The van der Waals surface area contributed by atoms with Crippen LogP contribution in [0.25, 0.3) is 11.3 Å². The van der Waals surface area contributed by atoms with E-state index in [9.17, 15) is 4.39 Å². The van der Waals surface area contributed by atoms with Crippen LogP contribution in [-0.4, -0.2) is 32.5 Å². The molecule has 0 aliphatic heterocycles. The Hall–Kier alpha value is -2.19. The van der Waals surface area contributed by atoms with Gasteiger partial charge in [-0.2, -0.15) is 0 Å². The molecule has 1 aromatic carbocycles. The quantitative estimate of drug-likeness (QED) is 0.497. The molecule has 0 bridgehead atoms. The number of hydrogen-bond acceptors (Lipinski definition) is 5. The number of thioether (sulfide) groups is 1. The van der Waals surface area contributed by atoms with Crippen LogP contribution in [0.3, 0.4) is 0 Å². The number of hydrogen-bond donors (Lipinski definition) is 1. The zero-order chi connectivity index (χ0) is 16.8. The number of halogens is 1. The molecule has 2 aromatic heterocycles. The first-order valence-corrected chi connectivity index (χ1v) is 8.73. The molecular weight excluding hydrogens is 329 g/mol. The molecule has 0 atom stereocenters. The largest absolute Gasteiger partial charge is 0.455 e. The third-order valence-electron chi connectivity index (χ3n) is 3.51. The van der Waals surface area contributed by atoms with E-state index in [1.807, 2.05) is 19.2 Å². The van der Waals surface area contributed by atoms with Crippen molar-refractivity contribution in [2.24, 2.45) is 7.05 Å². The first kappa shape index (κ1) is 16.7. The van der Waals surface area contributed by atoms with Crippen LogP contribution in [0.2, 0.25) is 0 Å². The van der Waals surface area contributed by atoms with Crippen molar-refractivity contribution in [1.82, 2.24) is 20.2 Å². The van der Waals surface area contributed by atoms with Gasteiger partial charge in [0.1, 0.15) is 18.1 Å². The molecule has 2 heterocycles. The minimum Gasteiger partial charge on any atom is -0.455 e. The van der Waals surface area contributed by atoms with E-state index in [1.54, 1.807) is 34.6 Å². The average molecular weight is 348 g/mol. The topological polar surface area (TPSA) is 73.3 Å². The van der Waals surface area contributed by atoms with Crippen molar-refractivity contribution >= 4 is 11.8 Å². The minimum absolute atomic E-state index is 0.266. The van der Waals surface area contributed by atoms with Gasteiger partial charge >= 0.3 is 0 Å². The minimum atomic E-state index is -0.266. The lowest BCUT2D eigenvalue weighted by Gasteiger charge is -2.01. The Labute approximate surface area is 143 Å². The summed E-state index contributed by atoms with van der Waals surface area (Å²) < 4.78 is 21.1. The maximum Gasteiger partial charge on any atom is 0.209 e. The number of tetrazole rings is 1. The average Bonchev–Trinajstić information content (AvgIpc) is 3.20. The van der Waals surface area contributed by atoms with Crippen LogP contribution in [0.15, 0.2) is 46.0 Å². The fourth-order valence-corrected chi connectivity index (χ4v) is 3.08. The van der Waals surface area contributed by atoms with Crippen molar-refractivity contribution in [3.8, 4) is 11.3 Å². The maximum absolute atomic E-state index is 13.7. The first-order valence-electron chi connectivity index (χ1n) is 7.74. The van der Waals surface area contributed by atoms with Crippen molar-refractivity contribution in [2.45, 2.75) is 18.1 Å². The maximum atomic E-state index is 13.7. The number of aromatic nitrogens is 4. The standard InChI is InChI=1S/C16H18FN5OS/c1-22-16(19-20-21-22)24-10-4-9-18-11-12-7-8-15(23-12)13-5-2-3-6-14(13)17/h2-3,5-8,18H,4,9-11H2,1H3/p+1. The Balaban J connectivity index is 1.40. The van der Waals surface area contributed by atoms with Crippen LogP contribution in [-0.2, 0) is 13.6 Å². The second-order valence-corrected chi connectivity index (χ2v) is 6.38. The molecule has 3 rings (SSSR count). The summed E-state index contributed by atoms with van der Waals surface area (Å²) in [6, 6.07) is 10.4. The summed E-state index contributed by atoms with van der Waals surface area (Å²) in [6.45, 7) is 1.72. The summed E-state index contributed by atoms with van der Waals surface area (Å²) in [7, 11) is 1.83. The Morgan fingerprint density at radius 2 is 2.12 bits per heavy atom. The molecule has 0 spiro atoms. The van der Waals surface area contributed by atoms with Gasteiger partial charge in [-0.1, -0.05) is 23.9 Å². The van der Waals surface area contributed by atoms with E-state index in [-0.39, 0.29) is 5.82 Å². The zero-order valence-corrected chi connectivity index (χ0v) is 14.2. The van der Waals surface area contributed by atoms with E-state index in [0.717, 1.165) is 36.2 Å².